The maximum Gasteiger partial charge on any atom is 0.198 e. The molecule has 2 aromatic carbocycles. The molecule has 1 atom stereocenters. The highest BCUT2D eigenvalue weighted by molar-refractivity contribution is 6.76. The van der Waals surface area contributed by atoms with E-state index in [-0.39, 0.29) is 11.9 Å². The van der Waals surface area contributed by atoms with Gasteiger partial charge in [0.25, 0.3) is 0 Å². The first-order valence-corrected chi connectivity index (χ1v) is 16.9. The van der Waals surface area contributed by atoms with Crippen LogP contribution >= 0.6 is 0 Å². The fourth-order valence-electron chi connectivity index (χ4n) is 5.21. The molecular formula is C29H35FN6O2Si. The van der Waals surface area contributed by atoms with Gasteiger partial charge in [-0.3, -0.25) is 4.90 Å². The molecule has 5 rings (SSSR count). The maximum atomic E-state index is 13.9. The number of hydrogen-bond acceptors (Lipinski definition) is 6. The van der Waals surface area contributed by atoms with Crippen LogP contribution in [0, 0.1) is 24.1 Å². The zero-order valence-electron chi connectivity index (χ0n) is 23.5. The lowest BCUT2D eigenvalue weighted by molar-refractivity contribution is 0.0912. The van der Waals surface area contributed by atoms with Gasteiger partial charge in [0.05, 0.1) is 36.5 Å². The van der Waals surface area contributed by atoms with Crippen LogP contribution in [-0.4, -0.2) is 59.6 Å². The number of ether oxygens (including phenoxy) is 2. The summed E-state index contributed by atoms with van der Waals surface area (Å²) in [5.74, 6) is 1.67. The van der Waals surface area contributed by atoms with Gasteiger partial charge < -0.3 is 14.0 Å². The molecule has 1 aliphatic rings. The number of fused-ring (bicyclic) bond motifs is 2. The molecule has 0 saturated carbocycles. The van der Waals surface area contributed by atoms with Gasteiger partial charge in [0, 0.05) is 26.6 Å². The van der Waals surface area contributed by atoms with Crippen molar-refractivity contribution >= 4 is 19.0 Å². The molecule has 0 bridgehead atoms. The average Bonchev–Trinajstić information content (AvgIpc) is 3.47. The zero-order valence-corrected chi connectivity index (χ0v) is 24.5. The smallest absolute Gasteiger partial charge is 0.198 e. The second-order valence-electron chi connectivity index (χ2n) is 11.4. The Morgan fingerprint density at radius 1 is 1.15 bits per heavy atom. The number of nitriles is 1. The molecule has 0 amide bonds. The normalized spacial score (nSPS) is 15.9. The lowest BCUT2D eigenvalue weighted by atomic mass is 9.98. The molecule has 1 aliphatic heterocycles. The van der Waals surface area contributed by atoms with E-state index in [1.54, 1.807) is 19.2 Å². The first kappa shape index (κ1) is 27.1. The molecule has 3 heterocycles. The van der Waals surface area contributed by atoms with Gasteiger partial charge in [-0.15, -0.1) is 5.10 Å². The topological polar surface area (TPSA) is 81.1 Å². The van der Waals surface area contributed by atoms with Gasteiger partial charge in [-0.2, -0.15) is 5.26 Å². The summed E-state index contributed by atoms with van der Waals surface area (Å²) in [5.41, 5.74) is 4.05. The fourth-order valence-corrected chi connectivity index (χ4v) is 5.96. The Kier molecular flexibility index (Phi) is 7.33. The Hall–Kier alpha value is -3.52. The van der Waals surface area contributed by atoms with Crippen molar-refractivity contribution in [2.75, 3.05) is 27.3 Å². The van der Waals surface area contributed by atoms with Crippen molar-refractivity contribution in [3.63, 3.8) is 0 Å². The van der Waals surface area contributed by atoms with Crippen LogP contribution in [0.5, 0.6) is 5.75 Å². The number of benzene rings is 2. The van der Waals surface area contributed by atoms with E-state index in [9.17, 15) is 9.65 Å². The van der Waals surface area contributed by atoms with Crippen molar-refractivity contribution in [1.29, 1.82) is 5.26 Å². The number of rotatable bonds is 8. The van der Waals surface area contributed by atoms with Gasteiger partial charge in [0.15, 0.2) is 5.82 Å². The standard InChI is InChI=1S/C29H35FN6O2Si/c1-19-15-21(30)8-9-22(19)26-29-32-28(33-36(29)12-11-34(26)2)25-16-23-24(10-7-20(17-31)27(23)37-3)35(25)18-38-13-14-39(4,5)6/h7-10,15-16,26H,11-14,18H2,1-6H3. The van der Waals surface area contributed by atoms with Crippen LogP contribution < -0.4 is 4.74 Å². The molecule has 0 N–H and O–H groups in total. The third-order valence-corrected chi connectivity index (χ3v) is 9.09. The lowest BCUT2D eigenvalue weighted by Crippen LogP contribution is -2.36. The van der Waals surface area contributed by atoms with E-state index in [2.05, 4.69) is 42.2 Å². The molecule has 10 heteroatoms. The Labute approximate surface area is 229 Å². The predicted octanol–water partition coefficient (Wildman–Crippen LogP) is 5.57. The van der Waals surface area contributed by atoms with Crippen LogP contribution in [0.3, 0.4) is 0 Å². The van der Waals surface area contributed by atoms with Crippen LogP contribution in [0.1, 0.15) is 28.6 Å². The van der Waals surface area contributed by atoms with Crippen molar-refractivity contribution in [2.45, 2.75) is 51.9 Å². The van der Waals surface area contributed by atoms with Crippen molar-refractivity contribution in [2.24, 2.45) is 0 Å². The molecule has 4 aromatic rings. The zero-order chi connectivity index (χ0) is 27.9. The van der Waals surface area contributed by atoms with Crippen LogP contribution in [0.4, 0.5) is 4.39 Å². The highest BCUT2D eigenvalue weighted by Gasteiger charge is 2.32. The van der Waals surface area contributed by atoms with E-state index in [0.717, 1.165) is 46.1 Å². The molecule has 1 unspecified atom stereocenters. The Balaban J connectivity index is 1.61. The van der Waals surface area contributed by atoms with Gasteiger partial charge in [0.2, 0.25) is 0 Å². The minimum Gasteiger partial charge on any atom is -0.495 e. The molecule has 0 saturated heterocycles. The number of aromatic nitrogens is 4. The summed E-state index contributed by atoms with van der Waals surface area (Å²) in [6.45, 7) is 11.4. The van der Waals surface area contributed by atoms with E-state index < -0.39 is 8.07 Å². The van der Waals surface area contributed by atoms with E-state index >= 15 is 0 Å². The van der Waals surface area contributed by atoms with E-state index in [4.69, 9.17) is 19.6 Å². The van der Waals surface area contributed by atoms with Crippen LogP contribution in [0.2, 0.25) is 25.7 Å². The van der Waals surface area contributed by atoms with Gasteiger partial charge in [-0.05, 0) is 61.5 Å². The van der Waals surface area contributed by atoms with E-state index in [1.807, 2.05) is 29.8 Å². The number of halogens is 1. The minimum atomic E-state index is -1.25. The van der Waals surface area contributed by atoms with Crippen molar-refractivity contribution in [3.8, 4) is 23.3 Å². The third-order valence-electron chi connectivity index (χ3n) is 7.38. The summed E-state index contributed by atoms with van der Waals surface area (Å²) in [7, 11) is 2.39. The second kappa shape index (κ2) is 10.6. The summed E-state index contributed by atoms with van der Waals surface area (Å²) >= 11 is 0. The number of aryl methyl sites for hydroxylation is 1. The summed E-state index contributed by atoms with van der Waals surface area (Å²) < 4.78 is 29.8. The van der Waals surface area contributed by atoms with Gasteiger partial charge >= 0.3 is 0 Å². The molecule has 0 aliphatic carbocycles. The molecule has 39 heavy (non-hydrogen) atoms. The molecule has 8 nitrogen and oxygen atoms in total. The SMILES string of the molecule is COc1c(C#N)ccc2c1cc(-c1nc3n(n1)CCN(C)C3c1ccc(F)cc1C)n2COCC[Si](C)(C)C. The summed E-state index contributed by atoms with van der Waals surface area (Å²) in [4.78, 5) is 7.28. The molecule has 0 radical (unpaired) electrons. The van der Waals surface area contributed by atoms with E-state index in [0.29, 0.717) is 37.0 Å². The first-order valence-electron chi connectivity index (χ1n) is 13.2. The molecular weight excluding hydrogens is 511 g/mol. The van der Waals surface area contributed by atoms with E-state index in [1.165, 1.54) is 6.07 Å². The number of nitrogens with zero attached hydrogens (tertiary/aromatic N) is 6. The summed E-state index contributed by atoms with van der Waals surface area (Å²) in [5, 5.41) is 15.4. The minimum absolute atomic E-state index is 0.147. The Bertz CT molecular complexity index is 1560. The Morgan fingerprint density at radius 3 is 2.64 bits per heavy atom. The van der Waals surface area contributed by atoms with Crippen molar-refractivity contribution in [3.05, 3.63) is 64.7 Å². The monoisotopic (exact) mass is 546 g/mol. The predicted molar refractivity (Wildman–Crippen MR) is 152 cm³/mol. The third kappa shape index (κ3) is 5.22. The van der Waals surface area contributed by atoms with Crippen LogP contribution in [-0.2, 0) is 18.0 Å². The van der Waals surface area contributed by atoms with Gasteiger partial charge in [-0.1, -0.05) is 25.7 Å². The summed E-state index contributed by atoms with van der Waals surface area (Å²) in [6, 6.07) is 13.7. The van der Waals surface area contributed by atoms with Gasteiger partial charge in [-0.25, -0.2) is 14.1 Å². The highest BCUT2D eigenvalue weighted by atomic mass is 28.3. The van der Waals surface area contributed by atoms with Crippen LogP contribution in [0.25, 0.3) is 22.4 Å². The molecule has 2 aromatic heterocycles. The maximum absolute atomic E-state index is 13.9. The lowest BCUT2D eigenvalue weighted by Gasteiger charge is -2.33. The van der Waals surface area contributed by atoms with Crippen LogP contribution in [0.15, 0.2) is 36.4 Å². The number of methoxy groups -OCH3 is 1. The van der Waals surface area contributed by atoms with Crippen molar-refractivity contribution in [1.82, 2.24) is 24.2 Å². The van der Waals surface area contributed by atoms with Gasteiger partial charge in [0.1, 0.15) is 30.2 Å². The average molecular weight is 547 g/mol. The second-order valence-corrected chi connectivity index (χ2v) is 17.0. The fraction of sp³-hybridized carbons (Fsp3) is 0.414. The number of likely N-dealkylation sites (N-methyl/N-ethyl adjacent to an activating group) is 1. The molecule has 0 spiro atoms. The molecule has 204 valence electrons. The van der Waals surface area contributed by atoms with Crippen molar-refractivity contribution < 1.29 is 13.9 Å². The summed E-state index contributed by atoms with van der Waals surface area (Å²) in [6.07, 6.45) is 0. The largest absolute Gasteiger partial charge is 0.495 e. The first-order chi connectivity index (χ1) is 18.6. The molecule has 0 fully saturated rings. The Morgan fingerprint density at radius 2 is 1.95 bits per heavy atom. The highest BCUT2D eigenvalue weighted by Crippen LogP contribution is 2.37. The number of hydrogen-bond donors (Lipinski definition) is 0. The quantitative estimate of drug-likeness (QED) is 0.212.